The normalized spacial score (nSPS) is 32.0. The van der Waals surface area contributed by atoms with E-state index in [1.807, 2.05) is 0 Å². The summed E-state index contributed by atoms with van der Waals surface area (Å²) in [4.78, 5) is 25.2. The lowest BCUT2D eigenvalue weighted by Crippen LogP contribution is -2.37. The topological polar surface area (TPSA) is 141 Å². The largest absolute Gasteiger partial charge is 0.488 e. The van der Waals surface area contributed by atoms with E-state index < -0.39 is 26.3 Å². The summed E-state index contributed by atoms with van der Waals surface area (Å²) in [7, 11) is 2.12. The number of piperidine rings is 1. The van der Waals surface area contributed by atoms with Crippen LogP contribution in [-0.4, -0.2) is 75.6 Å². The van der Waals surface area contributed by atoms with Crippen molar-refractivity contribution in [2.75, 3.05) is 36.9 Å². The molecule has 0 bridgehead atoms. The van der Waals surface area contributed by atoms with Crippen molar-refractivity contribution in [2.45, 2.75) is 44.6 Å². The number of aliphatic hydroxyl groups excluding tert-OH is 1. The van der Waals surface area contributed by atoms with E-state index in [0.717, 1.165) is 32.4 Å². The molecule has 2 saturated heterocycles. The van der Waals surface area contributed by atoms with Crippen LogP contribution in [-0.2, 0) is 13.8 Å². The average Bonchev–Trinajstić information content (AvgIpc) is 3.11. The average molecular weight is 423 g/mol. The predicted molar refractivity (Wildman–Crippen MR) is 108 cm³/mol. The molecule has 0 spiro atoms. The van der Waals surface area contributed by atoms with Crippen LogP contribution in [0.2, 0.25) is 0 Å². The fourth-order valence-corrected chi connectivity index (χ4v) is 4.45. The second-order valence-electron chi connectivity index (χ2n) is 7.32. The van der Waals surface area contributed by atoms with Gasteiger partial charge in [0.1, 0.15) is 25.6 Å². The fraction of sp³-hybridized carbons (Fsp3) is 0.688. The first-order chi connectivity index (χ1) is 13.9. The van der Waals surface area contributed by atoms with Crippen molar-refractivity contribution in [3.05, 3.63) is 6.33 Å². The van der Waals surface area contributed by atoms with Gasteiger partial charge in [-0.2, -0.15) is 9.05 Å². The molecule has 4 rings (SSSR count). The number of aliphatic hydroxyl groups is 1. The van der Waals surface area contributed by atoms with Crippen LogP contribution in [0.25, 0.3) is 11.2 Å². The van der Waals surface area contributed by atoms with E-state index in [2.05, 4.69) is 19.9 Å². The van der Waals surface area contributed by atoms with Gasteiger partial charge in [-0.25, -0.2) is 19.8 Å². The second kappa shape index (κ2) is 8.29. The second-order valence-corrected chi connectivity index (χ2v) is 8.97. The first kappa shape index (κ1) is 20.7. The van der Waals surface area contributed by atoms with Gasteiger partial charge in [-0.3, -0.25) is 4.57 Å². The predicted octanol–water partition coefficient (Wildman–Crippen LogP) is 0.549. The summed E-state index contributed by atoms with van der Waals surface area (Å²) >= 11 is 0. The summed E-state index contributed by atoms with van der Waals surface area (Å²) in [5.74, 6) is 0.848. The molecule has 4 N–H and O–H groups in total. The van der Waals surface area contributed by atoms with Crippen LogP contribution in [0, 0.1) is 0 Å². The summed E-state index contributed by atoms with van der Waals surface area (Å²) in [6.07, 6.45) is 2.03. The molecule has 0 amide bonds. The molecule has 4 heterocycles. The van der Waals surface area contributed by atoms with E-state index in [4.69, 9.17) is 27.1 Å². The highest BCUT2D eigenvalue weighted by Crippen LogP contribution is 2.52. The molecule has 1 unspecified atom stereocenters. The minimum atomic E-state index is -3.53. The molecule has 2 aromatic heterocycles. The molecule has 0 aromatic carbocycles. The lowest BCUT2D eigenvalue weighted by atomic mass is 10.1. The number of nitrogen functional groups attached to an aromatic ring is 1. The molecular formula is C16H25BN6O5P+. The first-order valence-electron chi connectivity index (χ1n) is 9.62. The molecule has 156 valence electrons. The van der Waals surface area contributed by atoms with Gasteiger partial charge in [0.15, 0.2) is 23.2 Å². The maximum absolute atomic E-state index is 10.9. The summed E-state index contributed by atoms with van der Waals surface area (Å²) in [5.41, 5.74) is 6.93. The van der Waals surface area contributed by atoms with Crippen molar-refractivity contribution in [2.24, 2.45) is 0 Å². The third-order valence-corrected chi connectivity index (χ3v) is 6.04. The van der Waals surface area contributed by atoms with Gasteiger partial charge in [-0.1, -0.05) is 0 Å². The van der Waals surface area contributed by atoms with E-state index in [9.17, 15) is 10.00 Å². The first-order valence-corrected chi connectivity index (χ1v) is 11.3. The molecule has 2 aliphatic heterocycles. The Morgan fingerprint density at radius 2 is 1.93 bits per heavy atom. The van der Waals surface area contributed by atoms with Crippen LogP contribution in [0.5, 0.6) is 0 Å². The number of imidazole rings is 1. The molecule has 29 heavy (non-hydrogen) atoms. The number of anilines is 2. The van der Waals surface area contributed by atoms with Crippen molar-refractivity contribution in [1.29, 1.82) is 0 Å². The number of fused-ring (bicyclic) bond motifs is 1. The number of aromatic nitrogens is 4. The smallest absolute Gasteiger partial charge is 0.386 e. The van der Waals surface area contributed by atoms with Gasteiger partial charge < -0.3 is 20.5 Å². The van der Waals surface area contributed by atoms with Crippen molar-refractivity contribution in [3.63, 3.8) is 0 Å². The molecule has 0 aliphatic carbocycles. The van der Waals surface area contributed by atoms with Crippen LogP contribution in [0.3, 0.4) is 0 Å². The summed E-state index contributed by atoms with van der Waals surface area (Å²) in [6, 6.07) is 0. The Morgan fingerprint density at radius 3 is 2.69 bits per heavy atom. The van der Waals surface area contributed by atoms with Crippen molar-refractivity contribution in [3.8, 4) is 0 Å². The maximum atomic E-state index is 10.9. The van der Waals surface area contributed by atoms with Gasteiger partial charge in [0.25, 0.3) is 0 Å². The van der Waals surface area contributed by atoms with Crippen LogP contribution in [0.15, 0.2) is 6.33 Å². The van der Waals surface area contributed by atoms with Gasteiger partial charge in [0, 0.05) is 13.1 Å². The zero-order valence-electron chi connectivity index (χ0n) is 16.2. The fourth-order valence-electron chi connectivity index (χ4n) is 3.58. The number of nitrogens with zero attached hydrogens (tertiary/aromatic N) is 5. The Balaban J connectivity index is 1.80. The molecule has 4 atom stereocenters. The lowest BCUT2D eigenvalue weighted by molar-refractivity contribution is -0.120. The van der Waals surface area contributed by atoms with Crippen LogP contribution in [0.1, 0.15) is 32.4 Å². The SMILES string of the molecule is [B][P+]1(O)OC[C@H](C)O[C@@H](n2c(N3CCCCC3)nc3c(N)ncnc32)[C@@H](O)CO1. The van der Waals surface area contributed by atoms with Crippen molar-refractivity contribution in [1.82, 2.24) is 19.5 Å². The Hall–Kier alpha value is -1.56. The number of hydrogen-bond acceptors (Lipinski definition) is 10. The lowest BCUT2D eigenvalue weighted by Gasteiger charge is -2.32. The number of hydrogen-bond donors (Lipinski definition) is 3. The van der Waals surface area contributed by atoms with Crippen molar-refractivity contribution >= 4 is 38.3 Å². The summed E-state index contributed by atoms with van der Waals surface area (Å²) in [6.45, 7) is 3.13. The Morgan fingerprint density at radius 1 is 1.21 bits per heavy atom. The molecule has 0 saturated carbocycles. The molecule has 11 nitrogen and oxygen atoms in total. The number of nitrogens with two attached hydrogens (primary N) is 1. The molecule has 2 aliphatic rings. The molecule has 13 heteroatoms. The quantitative estimate of drug-likeness (QED) is 0.463. The summed E-state index contributed by atoms with van der Waals surface area (Å²) < 4.78 is 18.3. The molecule has 2 radical (unpaired) electrons. The standard InChI is InChI=1S/C16H25BN6O5P/c1-10-7-26-29(17,25)27-8-11(24)15(28-10)23-14-12(13(18)19-9-20-14)21-16(23)22-5-3-2-4-6-22/h9-11,15,24-25H,2-8H2,1H3,(H2,18,19,20)/q+1/t10-,11-,15+,29?/m0/s1. The van der Waals surface area contributed by atoms with E-state index in [0.29, 0.717) is 17.1 Å². The maximum Gasteiger partial charge on any atom is 0.488 e. The van der Waals surface area contributed by atoms with Gasteiger partial charge in [0.05, 0.1) is 6.10 Å². The summed E-state index contributed by atoms with van der Waals surface area (Å²) in [5, 5.41) is 10.9. The zero-order valence-corrected chi connectivity index (χ0v) is 17.1. The van der Waals surface area contributed by atoms with E-state index in [1.54, 1.807) is 11.5 Å². The van der Waals surface area contributed by atoms with Crippen LogP contribution >= 0.6 is 7.82 Å². The minimum Gasteiger partial charge on any atom is -0.386 e. The Labute approximate surface area is 170 Å². The highest BCUT2D eigenvalue weighted by Gasteiger charge is 2.41. The number of rotatable bonds is 2. The van der Waals surface area contributed by atoms with E-state index >= 15 is 0 Å². The Kier molecular flexibility index (Phi) is 5.92. The van der Waals surface area contributed by atoms with Crippen LogP contribution < -0.4 is 10.6 Å². The van der Waals surface area contributed by atoms with E-state index in [-0.39, 0.29) is 19.0 Å². The van der Waals surface area contributed by atoms with Gasteiger partial charge in [-0.15, -0.1) is 0 Å². The van der Waals surface area contributed by atoms with Crippen molar-refractivity contribution < 1.29 is 23.8 Å². The third kappa shape index (κ3) is 4.33. The van der Waals surface area contributed by atoms with Crippen LogP contribution in [0.4, 0.5) is 11.8 Å². The molecule has 2 fully saturated rings. The molecule has 2 aromatic rings. The highest BCUT2D eigenvalue weighted by atomic mass is 31.2. The number of ether oxygens (including phenoxy) is 1. The minimum absolute atomic E-state index is 0.00674. The van der Waals surface area contributed by atoms with Gasteiger partial charge >= 0.3 is 15.4 Å². The highest BCUT2D eigenvalue weighted by molar-refractivity contribution is 7.85. The van der Waals surface area contributed by atoms with Gasteiger partial charge in [-0.05, 0) is 26.2 Å². The third-order valence-electron chi connectivity index (χ3n) is 5.01. The molecular weight excluding hydrogens is 398 g/mol. The Bertz CT molecular complexity index is 864. The van der Waals surface area contributed by atoms with Gasteiger partial charge in [0.2, 0.25) is 5.95 Å². The monoisotopic (exact) mass is 423 g/mol. The zero-order chi connectivity index (χ0) is 20.6. The van der Waals surface area contributed by atoms with E-state index in [1.165, 1.54) is 6.33 Å².